The second-order valence-corrected chi connectivity index (χ2v) is 7.42. The van der Waals surface area contributed by atoms with Crippen LogP contribution in [-0.4, -0.2) is 27.4 Å². The number of fused-ring (bicyclic) bond motifs is 1. The van der Waals surface area contributed by atoms with E-state index in [-0.39, 0.29) is 24.4 Å². The molecule has 0 spiro atoms. The summed E-state index contributed by atoms with van der Waals surface area (Å²) in [6.07, 6.45) is 1.50. The third-order valence-corrected chi connectivity index (χ3v) is 5.25. The van der Waals surface area contributed by atoms with Crippen molar-refractivity contribution in [1.82, 2.24) is 14.5 Å². The maximum atomic E-state index is 13.4. The van der Waals surface area contributed by atoms with Crippen LogP contribution in [-0.2, 0) is 11.3 Å². The molecule has 1 heterocycles. The van der Waals surface area contributed by atoms with Gasteiger partial charge in [-0.2, -0.15) is 0 Å². The highest BCUT2D eigenvalue weighted by molar-refractivity contribution is 9.10. The summed E-state index contributed by atoms with van der Waals surface area (Å²) in [7, 11) is 1.59. The molecule has 1 amide bonds. The lowest BCUT2D eigenvalue weighted by molar-refractivity contribution is -0.132. The number of amides is 1. The van der Waals surface area contributed by atoms with Crippen LogP contribution in [0.15, 0.2) is 52.0 Å². The van der Waals surface area contributed by atoms with Crippen molar-refractivity contribution in [3.05, 3.63) is 74.7 Å². The Kier molecular flexibility index (Phi) is 5.88. The largest absolute Gasteiger partial charge is 0.339 e. The molecule has 0 bridgehead atoms. The molecule has 28 heavy (non-hydrogen) atoms. The van der Waals surface area contributed by atoms with E-state index in [9.17, 15) is 18.4 Å². The molecule has 0 aliphatic carbocycles. The molecule has 146 valence electrons. The van der Waals surface area contributed by atoms with Crippen LogP contribution in [0.4, 0.5) is 8.78 Å². The van der Waals surface area contributed by atoms with Gasteiger partial charge in [-0.25, -0.2) is 13.8 Å². The van der Waals surface area contributed by atoms with Gasteiger partial charge >= 0.3 is 0 Å². The number of rotatable bonds is 5. The van der Waals surface area contributed by atoms with Gasteiger partial charge in [-0.1, -0.05) is 22.0 Å². The van der Waals surface area contributed by atoms with Gasteiger partial charge in [0.25, 0.3) is 5.56 Å². The zero-order valence-electron chi connectivity index (χ0n) is 15.3. The van der Waals surface area contributed by atoms with E-state index >= 15 is 0 Å². The molecule has 3 aromatic rings. The molecular weight excluding hydrogens is 432 g/mol. The van der Waals surface area contributed by atoms with E-state index in [2.05, 4.69) is 20.9 Å². The molecule has 8 heteroatoms. The molecule has 0 fully saturated rings. The highest BCUT2D eigenvalue weighted by atomic mass is 79.9. The van der Waals surface area contributed by atoms with Crippen LogP contribution in [0.3, 0.4) is 0 Å². The Bertz CT molecular complexity index is 1100. The zero-order valence-corrected chi connectivity index (χ0v) is 16.9. The molecule has 0 aliphatic heterocycles. The Morgan fingerprint density at radius 1 is 1.21 bits per heavy atom. The summed E-state index contributed by atoms with van der Waals surface area (Å²) in [5.74, 6) is -2.11. The standard InChI is InChI=1S/C20H18BrF2N3O2/c1-12(13-3-5-16(22)17(23)9-13)25(2)19(27)7-8-26-11-24-18-6-4-14(21)10-15(18)20(26)28/h3-6,9-12H,7-8H2,1-2H3. The number of halogens is 3. The number of hydrogen-bond donors (Lipinski definition) is 0. The Hall–Kier alpha value is -2.61. The zero-order chi connectivity index (χ0) is 20.4. The van der Waals surface area contributed by atoms with E-state index in [1.54, 1.807) is 32.2 Å². The second-order valence-electron chi connectivity index (χ2n) is 6.51. The molecule has 1 aromatic heterocycles. The minimum absolute atomic E-state index is 0.0750. The van der Waals surface area contributed by atoms with E-state index < -0.39 is 17.7 Å². The normalized spacial score (nSPS) is 12.2. The first-order valence-electron chi connectivity index (χ1n) is 8.63. The van der Waals surface area contributed by atoms with Crippen molar-refractivity contribution in [1.29, 1.82) is 0 Å². The summed E-state index contributed by atoms with van der Waals surface area (Å²) in [6, 6.07) is 8.37. The van der Waals surface area contributed by atoms with E-state index in [1.807, 2.05) is 0 Å². The molecular formula is C20H18BrF2N3O2. The van der Waals surface area contributed by atoms with Crippen molar-refractivity contribution in [2.24, 2.45) is 0 Å². The summed E-state index contributed by atoms with van der Waals surface area (Å²) in [5, 5.41) is 0.466. The summed E-state index contributed by atoms with van der Waals surface area (Å²) >= 11 is 3.33. The summed E-state index contributed by atoms with van der Waals surface area (Å²) < 4.78 is 28.7. The number of carbonyl (C=O) groups excluding carboxylic acids is 1. The van der Waals surface area contributed by atoms with Crippen LogP contribution in [0.25, 0.3) is 10.9 Å². The number of benzene rings is 2. The van der Waals surface area contributed by atoms with Crippen LogP contribution in [0, 0.1) is 11.6 Å². The average molecular weight is 450 g/mol. The van der Waals surface area contributed by atoms with Crippen molar-refractivity contribution >= 4 is 32.7 Å². The minimum atomic E-state index is -0.954. The molecule has 0 aliphatic rings. The number of nitrogens with zero attached hydrogens (tertiary/aromatic N) is 3. The predicted molar refractivity (Wildman–Crippen MR) is 106 cm³/mol. The summed E-state index contributed by atoms with van der Waals surface area (Å²) in [4.78, 5) is 30.8. The molecule has 0 N–H and O–H groups in total. The van der Waals surface area contributed by atoms with E-state index in [0.29, 0.717) is 16.5 Å². The maximum Gasteiger partial charge on any atom is 0.261 e. The Balaban J connectivity index is 1.72. The SMILES string of the molecule is CC(c1ccc(F)c(F)c1)N(C)C(=O)CCn1cnc2ccc(Br)cc2c1=O. The molecule has 1 atom stereocenters. The Labute approximate surface area is 168 Å². The average Bonchev–Trinajstić information content (AvgIpc) is 2.68. The fourth-order valence-electron chi connectivity index (χ4n) is 2.89. The fraction of sp³-hybridized carbons (Fsp3) is 0.250. The number of hydrogen-bond acceptors (Lipinski definition) is 3. The van der Waals surface area contributed by atoms with Crippen molar-refractivity contribution in [3.8, 4) is 0 Å². The van der Waals surface area contributed by atoms with Crippen LogP contribution in [0.2, 0.25) is 0 Å². The monoisotopic (exact) mass is 449 g/mol. The molecule has 2 aromatic carbocycles. The van der Waals surface area contributed by atoms with Gasteiger partial charge in [-0.05, 0) is 42.8 Å². The lowest BCUT2D eigenvalue weighted by Gasteiger charge is -2.25. The molecule has 3 rings (SSSR count). The Morgan fingerprint density at radius 3 is 2.68 bits per heavy atom. The lowest BCUT2D eigenvalue weighted by Crippen LogP contribution is -2.31. The van der Waals surface area contributed by atoms with Crippen LogP contribution in [0.1, 0.15) is 24.9 Å². The number of carbonyl (C=O) groups is 1. The van der Waals surface area contributed by atoms with Gasteiger partial charge in [-0.15, -0.1) is 0 Å². The van der Waals surface area contributed by atoms with Crippen LogP contribution < -0.4 is 5.56 Å². The Morgan fingerprint density at radius 2 is 1.96 bits per heavy atom. The highest BCUT2D eigenvalue weighted by Crippen LogP contribution is 2.21. The molecule has 0 saturated heterocycles. The summed E-state index contributed by atoms with van der Waals surface area (Å²) in [6.45, 7) is 1.90. The smallest absolute Gasteiger partial charge is 0.261 e. The molecule has 0 radical (unpaired) electrons. The molecule has 0 saturated carbocycles. The van der Waals surface area contributed by atoms with Gasteiger partial charge in [0, 0.05) is 24.5 Å². The molecule has 5 nitrogen and oxygen atoms in total. The first-order valence-corrected chi connectivity index (χ1v) is 9.42. The van der Waals surface area contributed by atoms with Gasteiger partial charge in [-0.3, -0.25) is 14.2 Å². The number of aryl methyl sites for hydroxylation is 1. The van der Waals surface area contributed by atoms with Crippen LogP contribution >= 0.6 is 15.9 Å². The van der Waals surface area contributed by atoms with E-state index in [4.69, 9.17) is 0 Å². The van der Waals surface area contributed by atoms with Gasteiger partial charge in [0.2, 0.25) is 5.91 Å². The van der Waals surface area contributed by atoms with E-state index in [1.165, 1.54) is 21.9 Å². The third-order valence-electron chi connectivity index (χ3n) is 4.75. The van der Waals surface area contributed by atoms with Crippen LogP contribution in [0.5, 0.6) is 0 Å². The summed E-state index contributed by atoms with van der Waals surface area (Å²) in [5.41, 5.74) is 0.847. The van der Waals surface area contributed by atoms with Crippen molar-refractivity contribution < 1.29 is 13.6 Å². The van der Waals surface area contributed by atoms with Gasteiger partial charge in [0.1, 0.15) is 0 Å². The second kappa shape index (κ2) is 8.18. The highest BCUT2D eigenvalue weighted by Gasteiger charge is 2.19. The van der Waals surface area contributed by atoms with Gasteiger partial charge in [0.05, 0.1) is 23.3 Å². The molecule has 1 unspecified atom stereocenters. The van der Waals surface area contributed by atoms with Crippen molar-refractivity contribution in [3.63, 3.8) is 0 Å². The maximum absolute atomic E-state index is 13.4. The first kappa shape index (κ1) is 20.1. The van der Waals surface area contributed by atoms with Gasteiger partial charge < -0.3 is 4.90 Å². The predicted octanol–water partition coefficient (Wildman–Crippen LogP) is 4.05. The van der Waals surface area contributed by atoms with Crippen molar-refractivity contribution in [2.45, 2.75) is 25.9 Å². The third kappa shape index (κ3) is 4.11. The quantitative estimate of drug-likeness (QED) is 0.590. The number of aromatic nitrogens is 2. The minimum Gasteiger partial charge on any atom is -0.339 e. The van der Waals surface area contributed by atoms with Gasteiger partial charge in [0.15, 0.2) is 11.6 Å². The van der Waals surface area contributed by atoms with Crippen molar-refractivity contribution in [2.75, 3.05) is 7.05 Å². The lowest BCUT2D eigenvalue weighted by atomic mass is 10.1. The fourth-order valence-corrected chi connectivity index (χ4v) is 3.26. The first-order chi connectivity index (χ1) is 13.3. The van der Waals surface area contributed by atoms with E-state index in [0.717, 1.165) is 16.6 Å². The topological polar surface area (TPSA) is 55.2 Å².